The molecule has 0 saturated heterocycles. The van der Waals surface area contributed by atoms with Crippen molar-refractivity contribution in [2.24, 2.45) is 0 Å². The van der Waals surface area contributed by atoms with E-state index in [9.17, 15) is 13.6 Å². The zero-order chi connectivity index (χ0) is 19.6. The quantitative estimate of drug-likeness (QED) is 0.401. The summed E-state index contributed by atoms with van der Waals surface area (Å²) >= 11 is 12.3. The van der Waals surface area contributed by atoms with Crippen LogP contribution in [0.15, 0.2) is 48.5 Å². The van der Waals surface area contributed by atoms with Crippen molar-refractivity contribution in [3.63, 3.8) is 0 Å². The van der Waals surface area contributed by atoms with Crippen molar-refractivity contribution in [2.45, 2.75) is 13.5 Å². The van der Waals surface area contributed by atoms with Crippen LogP contribution >= 0.6 is 23.2 Å². The van der Waals surface area contributed by atoms with Gasteiger partial charge in [-0.2, -0.15) is 5.10 Å². The average molecular weight is 407 g/mol. The van der Waals surface area contributed by atoms with E-state index in [1.807, 2.05) is 12.1 Å². The lowest BCUT2D eigenvalue weighted by Crippen LogP contribution is -2.01. The second-order valence-corrected chi connectivity index (χ2v) is 6.69. The topological polar surface area (TPSA) is 34.9 Å². The van der Waals surface area contributed by atoms with E-state index in [0.717, 1.165) is 17.7 Å². The van der Waals surface area contributed by atoms with Gasteiger partial charge in [-0.3, -0.25) is 4.79 Å². The molecule has 0 amide bonds. The fourth-order valence-electron chi connectivity index (χ4n) is 2.53. The van der Waals surface area contributed by atoms with Crippen LogP contribution in [0, 0.1) is 18.6 Å². The Balaban J connectivity index is 1.81. The third-order valence-corrected chi connectivity index (χ3v) is 4.61. The van der Waals surface area contributed by atoms with Gasteiger partial charge in [0.25, 0.3) is 0 Å². The lowest BCUT2D eigenvalue weighted by atomic mass is 10.1. The number of hydrogen-bond donors (Lipinski definition) is 0. The molecule has 27 heavy (non-hydrogen) atoms. The maximum absolute atomic E-state index is 13.3. The molecule has 0 fully saturated rings. The molecule has 1 heterocycles. The Hall–Kier alpha value is -2.50. The summed E-state index contributed by atoms with van der Waals surface area (Å²) in [6, 6.07) is 10.3. The van der Waals surface area contributed by atoms with Crippen LogP contribution in [0.3, 0.4) is 0 Å². The van der Waals surface area contributed by atoms with Crippen LogP contribution in [0.25, 0.3) is 6.08 Å². The summed E-state index contributed by atoms with van der Waals surface area (Å²) in [7, 11) is 0. The first-order valence-corrected chi connectivity index (χ1v) is 8.75. The number of ketones is 1. The van der Waals surface area contributed by atoms with Crippen LogP contribution in [-0.4, -0.2) is 15.6 Å². The Morgan fingerprint density at radius 2 is 1.81 bits per heavy atom. The van der Waals surface area contributed by atoms with E-state index in [1.54, 1.807) is 23.7 Å². The normalized spacial score (nSPS) is 11.3. The van der Waals surface area contributed by atoms with Gasteiger partial charge in [0, 0.05) is 16.1 Å². The van der Waals surface area contributed by atoms with E-state index < -0.39 is 17.4 Å². The van der Waals surface area contributed by atoms with Gasteiger partial charge in [0.1, 0.15) is 5.15 Å². The number of carbonyl (C=O) groups excluding carboxylic acids is 1. The molecule has 0 spiro atoms. The van der Waals surface area contributed by atoms with Gasteiger partial charge in [-0.15, -0.1) is 0 Å². The van der Waals surface area contributed by atoms with Crippen molar-refractivity contribution >= 4 is 35.1 Å². The van der Waals surface area contributed by atoms with Gasteiger partial charge >= 0.3 is 0 Å². The average Bonchev–Trinajstić information content (AvgIpc) is 2.90. The highest BCUT2D eigenvalue weighted by molar-refractivity contribution is 6.31. The molecule has 0 bridgehead atoms. The number of hydrogen-bond acceptors (Lipinski definition) is 2. The second-order valence-electron chi connectivity index (χ2n) is 5.90. The van der Waals surface area contributed by atoms with Crippen molar-refractivity contribution in [1.29, 1.82) is 0 Å². The third-order valence-electron chi connectivity index (χ3n) is 3.96. The smallest absolute Gasteiger partial charge is 0.185 e. The highest BCUT2D eigenvalue weighted by atomic mass is 35.5. The highest BCUT2D eigenvalue weighted by Crippen LogP contribution is 2.23. The van der Waals surface area contributed by atoms with Gasteiger partial charge in [0.15, 0.2) is 17.4 Å². The van der Waals surface area contributed by atoms with Crippen LogP contribution < -0.4 is 0 Å². The minimum Gasteiger partial charge on any atom is -0.289 e. The Kier molecular flexibility index (Phi) is 5.73. The van der Waals surface area contributed by atoms with Crippen LogP contribution in [0.5, 0.6) is 0 Å². The summed E-state index contributed by atoms with van der Waals surface area (Å²) in [6.45, 7) is 2.22. The molecular weight excluding hydrogens is 393 g/mol. The van der Waals surface area contributed by atoms with E-state index in [4.69, 9.17) is 23.2 Å². The number of allylic oxidation sites excluding steroid dienone is 1. The second kappa shape index (κ2) is 8.03. The maximum atomic E-state index is 13.3. The molecular formula is C20H14Cl2F2N2O. The summed E-state index contributed by atoms with van der Waals surface area (Å²) in [4.78, 5) is 12.2. The SMILES string of the molecule is Cc1nn(Cc2ccc(Cl)cc2)c(Cl)c1C=CC(=O)c1ccc(F)c(F)c1. The van der Waals surface area contributed by atoms with Crippen molar-refractivity contribution in [3.05, 3.63) is 92.7 Å². The summed E-state index contributed by atoms with van der Waals surface area (Å²) in [5.74, 6) is -2.54. The maximum Gasteiger partial charge on any atom is 0.185 e. The number of halogens is 4. The highest BCUT2D eigenvalue weighted by Gasteiger charge is 2.13. The molecule has 0 radical (unpaired) electrons. The molecule has 3 nitrogen and oxygen atoms in total. The predicted octanol–water partition coefficient (Wildman–Crippen LogP) is 5.72. The van der Waals surface area contributed by atoms with Gasteiger partial charge in [-0.1, -0.05) is 35.3 Å². The number of carbonyl (C=O) groups is 1. The Bertz CT molecular complexity index is 1030. The van der Waals surface area contributed by atoms with Crippen LogP contribution in [0.1, 0.15) is 27.2 Å². The van der Waals surface area contributed by atoms with Crippen LogP contribution in [0.4, 0.5) is 8.78 Å². The fourth-order valence-corrected chi connectivity index (χ4v) is 2.95. The molecule has 0 atom stereocenters. The lowest BCUT2D eigenvalue weighted by molar-refractivity contribution is 0.104. The monoisotopic (exact) mass is 406 g/mol. The molecule has 3 aromatic rings. The number of aryl methyl sites for hydroxylation is 1. The van der Waals surface area contributed by atoms with Crippen molar-refractivity contribution in [3.8, 4) is 0 Å². The molecule has 3 rings (SSSR count). The molecule has 138 valence electrons. The molecule has 1 aromatic heterocycles. The van der Waals surface area contributed by atoms with Gasteiger partial charge in [0.2, 0.25) is 0 Å². The summed E-state index contributed by atoms with van der Waals surface area (Å²) in [6.07, 6.45) is 2.78. The van der Waals surface area contributed by atoms with Gasteiger partial charge in [-0.05, 0) is 55.0 Å². The minimum absolute atomic E-state index is 0.0486. The first-order valence-electron chi connectivity index (χ1n) is 8.00. The van der Waals surface area contributed by atoms with E-state index >= 15 is 0 Å². The number of benzene rings is 2. The Labute approximate surface area is 164 Å². The van der Waals surface area contributed by atoms with E-state index in [-0.39, 0.29) is 5.56 Å². The minimum atomic E-state index is -1.07. The lowest BCUT2D eigenvalue weighted by Gasteiger charge is -2.03. The predicted molar refractivity (Wildman–Crippen MR) is 102 cm³/mol. The molecule has 0 aliphatic carbocycles. The van der Waals surface area contributed by atoms with Gasteiger partial charge in [-0.25, -0.2) is 13.5 Å². The third kappa shape index (κ3) is 4.43. The number of aromatic nitrogens is 2. The van der Waals surface area contributed by atoms with E-state index in [0.29, 0.717) is 28.0 Å². The van der Waals surface area contributed by atoms with E-state index in [2.05, 4.69) is 5.10 Å². The number of rotatable bonds is 5. The zero-order valence-corrected chi connectivity index (χ0v) is 15.7. The van der Waals surface area contributed by atoms with Crippen LogP contribution in [-0.2, 0) is 6.54 Å². The molecule has 2 aromatic carbocycles. The molecule has 7 heteroatoms. The Morgan fingerprint density at radius 1 is 1.11 bits per heavy atom. The summed E-state index contributed by atoms with van der Waals surface area (Å²) in [5.41, 5.74) is 2.24. The summed E-state index contributed by atoms with van der Waals surface area (Å²) < 4.78 is 27.9. The van der Waals surface area contributed by atoms with Crippen molar-refractivity contribution in [1.82, 2.24) is 9.78 Å². The van der Waals surface area contributed by atoms with Crippen molar-refractivity contribution < 1.29 is 13.6 Å². The number of nitrogens with zero attached hydrogens (tertiary/aromatic N) is 2. The molecule has 0 aliphatic heterocycles. The van der Waals surface area contributed by atoms with Gasteiger partial charge in [0.05, 0.1) is 12.2 Å². The van der Waals surface area contributed by atoms with Crippen molar-refractivity contribution in [2.75, 3.05) is 0 Å². The standard InChI is InChI=1S/C20H14Cl2F2N2O/c1-12-16(7-9-19(27)14-4-8-17(23)18(24)10-14)20(22)26(25-12)11-13-2-5-15(21)6-3-13/h2-10H,11H2,1H3. The first-order chi connectivity index (χ1) is 12.8. The van der Waals surface area contributed by atoms with Gasteiger partial charge < -0.3 is 0 Å². The summed E-state index contributed by atoms with van der Waals surface area (Å²) in [5, 5.41) is 5.40. The van der Waals surface area contributed by atoms with Crippen LogP contribution in [0.2, 0.25) is 10.2 Å². The molecule has 0 unspecified atom stereocenters. The largest absolute Gasteiger partial charge is 0.289 e. The Morgan fingerprint density at radius 3 is 2.48 bits per heavy atom. The molecule has 0 saturated carbocycles. The zero-order valence-electron chi connectivity index (χ0n) is 14.2. The van der Waals surface area contributed by atoms with E-state index in [1.165, 1.54) is 18.2 Å². The molecule has 0 aliphatic rings. The molecule has 0 N–H and O–H groups in total. The fraction of sp³-hybridized carbons (Fsp3) is 0.100. The first kappa shape index (κ1) is 19.3.